The van der Waals surface area contributed by atoms with E-state index in [1.165, 1.54) is 12.2 Å². The molecule has 1 N–H and O–H groups in total. The number of hydrogen-bond acceptors (Lipinski definition) is 22. The van der Waals surface area contributed by atoms with Gasteiger partial charge in [0.15, 0.2) is 11.5 Å². The number of hydrazone groups is 2. The molecule has 2 aromatic heterocycles. The quantitative estimate of drug-likeness (QED) is 0.00712. The van der Waals surface area contributed by atoms with E-state index in [0.29, 0.717) is 104 Å². The summed E-state index contributed by atoms with van der Waals surface area (Å²) in [6.07, 6.45) is 23.3. The molecule has 22 heteroatoms. The van der Waals surface area contributed by atoms with Crippen molar-refractivity contribution in [2.45, 2.75) is 161 Å². The number of benzene rings is 6. The molecule has 6 aromatic carbocycles. The molecule has 8 rings (SSSR count). The van der Waals surface area contributed by atoms with E-state index in [0.717, 1.165) is 158 Å². The second-order valence-corrected chi connectivity index (χ2v) is 26.1. The van der Waals surface area contributed by atoms with Crippen molar-refractivity contribution in [3.8, 4) is 28.7 Å². The Kier molecular flexibility index (Phi) is 34.6. The average Bonchev–Trinajstić information content (AvgIpc) is 1.20. The molecule has 0 fully saturated rings. The van der Waals surface area contributed by atoms with Crippen LogP contribution in [0, 0.1) is 0 Å². The molecule has 8 aromatic rings. The van der Waals surface area contributed by atoms with Gasteiger partial charge >= 0.3 is 17.9 Å². The summed E-state index contributed by atoms with van der Waals surface area (Å²) in [4.78, 5) is 74.5. The standard InChI is InChI=1S/C79H96N6O14S2/c1-5-9-11-24-48-84(78-82-69-31-20-22-33-72(69)100-78)80-57-62-55-67(44-46-68(62)77(97-89)61-38-42-65(43-39-61)91-51-27-16-18-29-53-93-75(87)8-4)98-94-54-30-14-13-19-35-76(88)96-66-45-47-71(99-95-59-60-36-40-64(41-37-60)90-50-26-15-17-28-52-92-74(86)7-3)63(56-66)58-81-85(49-25-12-10-6-2)79-83-70-32-21-23-34-73(70)101-79/h7-8,20-23,31-34,36-47,55-58,77,89H,3-6,9-19,24-30,35,48-54,59H2,1-2H3/b80-57+,81-58+. The lowest BCUT2D eigenvalue weighted by Crippen LogP contribution is -2.18. The summed E-state index contributed by atoms with van der Waals surface area (Å²) in [5.74, 6) is 1.40. The first-order valence-corrected chi connectivity index (χ1v) is 37.0. The Bertz CT molecular complexity index is 3780. The highest BCUT2D eigenvalue weighted by atomic mass is 32.1. The van der Waals surface area contributed by atoms with E-state index in [9.17, 15) is 19.6 Å². The van der Waals surface area contributed by atoms with Crippen molar-refractivity contribution < 1.29 is 67.8 Å². The largest absolute Gasteiger partial charge is 0.494 e. The lowest BCUT2D eigenvalue weighted by Gasteiger charge is -2.19. The first-order valence-electron chi connectivity index (χ1n) is 35.4. The number of fused-ring (bicyclic) bond motifs is 2. The van der Waals surface area contributed by atoms with Crippen LogP contribution in [0.1, 0.15) is 183 Å². The van der Waals surface area contributed by atoms with Gasteiger partial charge < -0.3 is 33.5 Å². The molecule has 101 heavy (non-hydrogen) atoms. The first-order chi connectivity index (χ1) is 49.6. The van der Waals surface area contributed by atoms with Crippen molar-refractivity contribution in [3.63, 3.8) is 0 Å². The third kappa shape index (κ3) is 27.4. The number of nitrogens with zero attached hydrogens (tertiary/aromatic N) is 6. The van der Waals surface area contributed by atoms with Crippen LogP contribution in [0.5, 0.6) is 28.7 Å². The van der Waals surface area contributed by atoms with Crippen LogP contribution in [-0.2, 0) is 45.1 Å². The summed E-state index contributed by atoms with van der Waals surface area (Å²) >= 11 is 3.16. The summed E-state index contributed by atoms with van der Waals surface area (Å²) in [5, 5.41) is 26.0. The fourth-order valence-corrected chi connectivity index (χ4v) is 12.5. The second kappa shape index (κ2) is 45.0. The molecule has 2 heterocycles. The van der Waals surface area contributed by atoms with Crippen molar-refractivity contribution in [2.75, 3.05) is 56.1 Å². The van der Waals surface area contributed by atoms with E-state index in [1.807, 2.05) is 107 Å². The summed E-state index contributed by atoms with van der Waals surface area (Å²) in [7, 11) is 0. The lowest BCUT2D eigenvalue weighted by atomic mass is 9.97. The minimum Gasteiger partial charge on any atom is -0.494 e. The van der Waals surface area contributed by atoms with Crippen LogP contribution in [0.25, 0.3) is 20.4 Å². The summed E-state index contributed by atoms with van der Waals surface area (Å²) in [6, 6.07) is 41.7. The highest BCUT2D eigenvalue weighted by Crippen LogP contribution is 2.35. The maximum absolute atomic E-state index is 13.4. The number of para-hydroxylation sites is 2. The van der Waals surface area contributed by atoms with E-state index in [2.05, 4.69) is 39.1 Å². The predicted octanol–water partition coefficient (Wildman–Crippen LogP) is 19.0. The van der Waals surface area contributed by atoms with E-state index < -0.39 is 18.0 Å². The van der Waals surface area contributed by atoms with Gasteiger partial charge in [-0.1, -0.05) is 156 Å². The van der Waals surface area contributed by atoms with Crippen molar-refractivity contribution in [2.24, 2.45) is 10.2 Å². The first kappa shape index (κ1) is 77.7. The van der Waals surface area contributed by atoms with Gasteiger partial charge in [-0.25, -0.2) is 34.5 Å². The molecule has 0 amide bonds. The fraction of sp³-hybridized carbons (Fsp3) is 0.405. The number of thiazole rings is 2. The molecule has 1 unspecified atom stereocenters. The molecule has 0 aliphatic rings. The fourth-order valence-electron chi connectivity index (χ4n) is 10.6. The van der Waals surface area contributed by atoms with Gasteiger partial charge in [0.25, 0.3) is 0 Å². The molecule has 0 spiro atoms. The van der Waals surface area contributed by atoms with Gasteiger partial charge in [0.1, 0.15) is 30.0 Å². The Morgan fingerprint density at radius 1 is 0.515 bits per heavy atom. The number of hydrogen-bond donors (Lipinski definition) is 1. The van der Waals surface area contributed by atoms with Crippen LogP contribution >= 0.6 is 22.7 Å². The van der Waals surface area contributed by atoms with Gasteiger partial charge in [-0.15, -0.1) is 0 Å². The Morgan fingerprint density at radius 3 is 1.56 bits per heavy atom. The number of carbonyl (C=O) groups is 3. The summed E-state index contributed by atoms with van der Waals surface area (Å²) in [6.45, 7) is 14.8. The monoisotopic (exact) mass is 1420 g/mol. The Balaban J connectivity index is 0.854. The summed E-state index contributed by atoms with van der Waals surface area (Å²) < 4.78 is 30.2. The van der Waals surface area contributed by atoms with Crippen molar-refractivity contribution in [1.82, 2.24) is 9.97 Å². The highest BCUT2D eigenvalue weighted by Gasteiger charge is 2.22. The van der Waals surface area contributed by atoms with Gasteiger partial charge in [0, 0.05) is 42.8 Å². The van der Waals surface area contributed by atoms with Gasteiger partial charge in [-0.05, 0) is 173 Å². The van der Waals surface area contributed by atoms with Crippen LogP contribution in [0.15, 0.2) is 169 Å². The van der Waals surface area contributed by atoms with Crippen LogP contribution < -0.4 is 34.0 Å². The van der Waals surface area contributed by atoms with Crippen LogP contribution in [0.2, 0.25) is 0 Å². The molecule has 20 nitrogen and oxygen atoms in total. The molecule has 0 bridgehead atoms. The number of carbonyl (C=O) groups excluding carboxylic acids is 3. The van der Waals surface area contributed by atoms with Gasteiger partial charge in [-0.3, -0.25) is 10.1 Å². The third-order valence-electron chi connectivity index (χ3n) is 16.2. The van der Waals surface area contributed by atoms with Crippen molar-refractivity contribution in [1.29, 1.82) is 0 Å². The average molecular weight is 1420 g/mol. The Labute approximate surface area is 601 Å². The number of esters is 3. The zero-order valence-electron chi connectivity index (χ0n) is 58.3. The molecule has 0 saturated heterocycles. The lowest BCUT2D eigenvalue weighted by molar-refractivity contribution is -0.270. The Morgan fingerprint density at radius 2 is 1.01 bits per heavy atom. The van der Waals surface area contributed by atoms with E-state index in [-0.39, 0.29) is 19.0 Å². The number of anilines is 2. The van der Waals surface area contributed by atoms with Crippen molar-refractivity contribution in [3.05, 3.63) is 187 Å². The number of rotatable bonds is 51. The van der Waals surface area contributed by atoms with E-state index in [1.54, 1.807) is 59.4 Å². The predicted molar refractivity (Wildman–Crippen MR) is 400 cm³/mol. The smallest absolute Gasteiger partial charge is 0.330 e. The topological polar surface area (TPSA) is 221 Å². The number of aromatic nitrogens is 2. The molecule has 538 valence electrons. The summed E-state index contributed by atoms with van der Waals surface area (Å²) in [5.41, 5.74) is 5.17. The van der Waals surface area contributed by atoms with Gasteiger partial charge in [0.2, 0.25) is 10.3 Å². The second-order valence-electron chi connectivity index (χ2n) is 24.1. The molecular weight excluding hydrogens is 1320 g/mol. The normalized spacial score (nSPS) is 11.7. The van der Waals surface area contributed by atoms with E-state index in [4.69, 9.17) is 68.3 Å². The number of unbranched alkanes of at least 4 members (excludes halogenated alkanes) is 15. The van der Waals surface area contributed by atoms with Gasteiger partial charge in [-0.2, -0.15) is 20.0 Å². The highest BCUT2D eigenvalue weighted by molar-refractivity contribution is 7.22. The van der Waals surface area contributed by atoms with Crippen molar-refractivity contribution >= 4 is 83.7 Å². The molecule has 0 saturated carbocycles. The minimum atomic E-state index is -0.893. The maximum atomic E-state index is 13.4. The van der Waals surface area contributed by atoms with E-state index >= 15 is 0 Å². The zero-order chi connectivity index (χ0) is 70.9. The number of ether oxygens (including phenoxy) is 5. The third-order valence-corrected chi connectivity index (χ3v) is 18.3. The molecule has 0 aliphatic heterocycles. The molecule has 1 atom stereocenters. The van der Waals surface area contributed by atoms with Crippen LogP contribution in [-0.4, -0.2) is 91.7 Å². The molecule has 0 aliphatic carbocycles. The molecule has 0 radical (unpaired) electrons. The molecular formula is C79H96N6O14S2. The zero-order valence-corrected chi connectivity index (χ0v) is 59.9. The van der Waals surface area contributed by atoms with Crippen LogP contribution in [0.3, 0.4) is 0 Å². The van der Waals surface area contributed by atoms with Gasteiger partial charge in [0.05, 0.1) is 65.9 Å². The minimum absolute atomic E-state index is 0.150. The SMILES string of the molecule is C=CC(=O)OCCCCCCOc1ccc(COOc2ccc(OC(=O)CCCCCCOOc3ccc(C(OO)c4ccc(OCCCCCCOC(=O)C=C)cc4)c(/C=N/N(CCCCCC)c4nc5ccccc5s4)c3)cc2/C=N/N(CCCCCC)c2nc3ccccc3s2)cc1. The maximum Gasteiger partial charge on any atom is 0.330 e. The van der Waals surface area contributed by atoms with Crippen LogP contribution in [0.4, 0.5) is 10.3 Å². The Hall–Kier alpha value is -9.03.